The summed E-state index contributed by atoms with van der Waals surface area (Å²) in [6.45, 7) is 2.26. The lowest BCUT2D eigenvalue weighted by atomic mass is 9.67. The molecule has 0 spiro atoms. The van der Waals surface area contributed by atoms with E-state index in [4.69, 9.17) is 4.74 Å². The second-order valence-electron chi connectivity index (χ2n) is 17.6. The molecule has 10 aromatic carbocycles. The molecule has 314 valence electrons. The first-order chi connectivity index (χ1) is 32.6. The van der Waals surface area contributed by atoms with Crippen molar-refractivity contribution in [2.45, 2.75) is 17.8 Å². The Kier molecular flexibility index (Phi) is 9.43. The van der Waals surface area contributed by atoms with Crippen molar-refractivity contribution in [1.82, 2.24) is 0 Å². The van der Waals surface area contributed by atoms with Crippen molar-refractivity contribution in [3.63, 3.8) is 0 Å². The van der Waals surface area contributed by atoms with Crippen LogP contribution in [0.1, 0.15) is 50.1 Å². The van der Waals surface area contributed by atoms with Crippen LogP contribution >= 0.6 is 0 Å². The molecular weight excluding hydrogens is 799 g/mol. The summed E-state index contributed by atoms with van der Waals surface area (Å²) in [7, 11) is 1.71. The van der Waals surface area contributed by atoms with Crippen LogP contribution in [0.25, 0.3) is 33.4 Å². The summed E-state index contributed by atoms with van der Waals surface area (Å²) < 4.78 is 5.53. The van der Waals surface area contributed by atoms with Gasteiger partial charge in [0.1, 0.15) is 5.75 Å². The number of ether oxygens (including phenoxy) is 1. The van der Waals surface area contributed by atoms with Gasteiger partial charge < -0.3 is 9.64 Å². The van der Waals surface area contributed by atoms with E-state index in [1.165, 1.54) is 72.3 Å². The fraction of sp³-hybridized carbons (Fsp3) is 0.0625. The van der Waals surface area contributed by atoms with E-state index in [1.54, 1.807) is 7.11 Å². The number of anilines is 3. The molecule has 0 heterocycles. The third-order valence-corrected chi connectivity index (χ3v) is 14.3. The summed E-state index contributed by atoms with van der Waals surface area (Å²) in [6, 6.07) is 91.9. The van der Waals surface area contributed by atoms with E-state index in [-0.39, 0.29) is 0 Å². The van der Waals surface area contributed by atoms with Gasteiger partial charge >= 0.3 is 0 Å². The zero-order valence-electron chi connectivity index (χ0n) is 37.0. The Hall–Kier alpha value is -8.20. The summed E-state index contributed by atoms with van der Waals surface area (Å²) >= 11 is 0. The Balaban J connectivity index is 1.16. The van der Waals surface area contributed by atoms with Crippen molar-refractivity contribution in [3.05, 3.63) is 299 Å². The molecule has 0 amide bonds. The third kappa shape index (κ3) is 5.81. The fourth-order valence-electron chi connectivity index (χ4n) is 11.5. The van der Waals surface area contributed by atoms with Crippen LogP contribution in [0, 0.1) is 6.92 Å². The highest BCUT2D eigenvalue weighted by Gasteiger charge is 2.49. The van der Waals surface area contributed by atoms with Crippen molar-refractivity contribution in [1.29, 1.82) is 0 Å². The molecule has 2 nitrogen and oxygen atoms in total. The van der Waals surface area contributed by atoms with Crippen LogP contribution in [-0.2, 0) is 10.8 Å². The first-order valence-electron chi connectivity index (χ1n) is 22.9. The predicted octanol–water partition coefficient (Wildman–Crippen LogP) is 15.9. The highest BCUT2D eigenvalue weighted by atomic mass is 16.5. The van der Waals surface area contributed by atoms with Crippen LogP contribution in [0.15, 0.2) is 249 Å². The molecular formula is C64H47NO. The zero-order chi connectivity index (χ0) is 44.2. The van der Waals surface area contributed by atoms with Gasteiger partial charge in [-0.3, -0.25) is 0 Å². The topological polar surface area (TPSA) is 12.5 Å². The lowest BCUT2D eigenvalue weighted by Gasteiger charge is -2.36. The number of methoxy groups -OCH3 is 1. The maximum Gasteiger partial charge on any atom is 0.118 e. The fourth-order valence-corrected chi connectivity index (χ4v) is 11.5. The number of hydrogen-bond acceptors (Lipinski definition) is 2. The normalized spacial score (nSPS) is 13.5. The van der Waals surface area contributed by atoms with Crippen LogP contribution < -0.4 is 9.64 Å². The van der Waals surface area contributed by atoms with Gasteiger partial charge in [0.05, 0.1) is 23.6 Å². The molecule has 66 heavy (non-hydrogen) atoms. The number of fused-ring (bicyclic) bond motifs is 6. The molecule has 0 radical (unpaired) electrons. The smallest absolute Gasteiger partial charge is 0.118 e. The first kappa shape index (κ1) is 39.4. The molecule has 2 aliphatic rings. The van der Waals surface area contributed by atoms with Crippen LogP contribution in [0.2, 0.25) is 0 Å². The Morgan fingerprint density at radius 1 is 0.348 bits per heavy atom. The number of nitrogens with zero attached hydrogens (tertiary/aromatic N) is 1. The second kappa shape index (κ2) is 15.8. The molecule has 0 atom stereocenters. The zero-order valence-corrected chi connectivity index (χ0v) is 37.0. The molecule has 0 bridgehead atoms. The minimum atomic E-state index is -0.551. The minimum absolute atomic E-state index is 0.543. The van der Waals surface area contributed by atoms with Gasteiger partial charge in [0, 0.05) is 16.9 Å². The van der Waals surface area contributed by atoms with Crippen molar-refractivity contribution in [2.75, 3.05) is 12.0 Å². The van der Waals surface area contributed by atoms with Crippen molar-refractivity contribution < 1.29 is 4.74 Å². The van der Waals surface area contributed by atoms with Crippen molar-refractivity contribution >= 4 is 17.1 Å². The Bertz CT molecular complexity index is 3320. The molecule has 0 saturated carbocycles. The highest BCUT2D eigenvalue weighted by molar-refractivity contribution is 5.99. The van der Waals surface area contributed by atoms with E-state index < -0.39 is 10.8 Å². The average Bonchev–Trinajstić information content (AvgIpc) is 3.87. The van der Waals surface area contributed by atoms with Crippen LogP contribution in [0.5, 0.6) is 5.75 Å². The molecule has 0 aliphatic heterocycles. The Morgan fingerprint density at radius 2 is 0.818 bits per heavy atom. The monoisotopic (exact) mass is 845 g/mol. The van der Waals surface area contributed by atoms with Gasteiger partial charge in [0.25, 0.3) is 0 Å². The standard InChI is InChI=1S/C64H47NO/c1-44-42-46(45-34-38-52(66-2)39-35-45)36-41-60(44)65(51-37-40-54-53-28-15-17-30-56(53)64(59(54)43-51,49-24-11-5-12-25-49)50-26-13-6-14-27-50)61-33-19-32-58-62(61)55-29-16-18-31-57(55)63(58,47-20-7-3-8-21-47)48-22-9-4-10-23-48/h3-43H,1-2H3. The third-order valence-electron chi connectivity index (χ3n) is 14.3. The quantitative estimate of drug-likeness (QED) is 0.143. The van der Waals surface area contributed by atoms with Gasteiger partial charge in [0.15, 0.2) is 0 Å². The first-order valence-corrected chi connectivity index (χ1v) is 22.9. The van der Waals surface area contributed by atoms with Gasteiger partial charge in [-0.15, -0.1) is 0 Å². The molecule has 10 aromatic rings. The second-order valence-corrected chi connectivity index (χ2v) is 17.6. The Morgan fingerprint density at radius 3 is 1.38 bits per heavy atom. The predicted molar refractivity (Wildman–Crippen MR) is 272 cm³/mol. The molecule has 12 rings (SSSR count). The maximum atomic E-state index is 5.53. The molecule has 0 unspecified atom stereocenters. The van der Waals surface area contributed by atoms with Crippen molar-refractivity contribution in [2.24, 2.45) is 0 Å². The molecule has 2 heteroatoms. The maximum absolute atomic E-state index is 5.53. The van der Waals surface area contributed by atoms with E-state index in [1.807, 2.05) is 12.1 Å². The number of hydrogen-bond donors (Lipinski definition) is 0. The number of rotatable bonds is 9. The van der Waals surface area contributed by atoms with E-state index in [0.717, 1.165) is 33.9 Å². The lowest BCUT2D eigenvalue weighted by molar-refractivity contribution is 0.415. The van der Waals surface area contributed by atoms with Gasteiger partial charge in [0.2, 0.25) is 0 Å². The molecule has 0 fully saturated rings. The summed E-state index contributed by atoms with van der Waals surface area (Å²) in [4.78, 5) is 2.54. The average molecular weight is 846 g/mol. The van der Waals surface area contributed by atoms with E-state index in [0.29, 0.717) is 0 Å². The number of benzene rings is 10. The van der Waals surface area contributed by atoms with Crippen LogP contribution in [-0.4, -0.2) is 7.11 Å². The molecule has 2 aliphatic carbocycles. The Labute approximate surface area is 387 Å². The number of aryl methyl sites for hydroxylation is 1. The van der Waals surface area contributed by atoms with E-state index in [9.17, 15) is 0 Å². The van der Waals surface area contributed by atoms with Crippen LogP contribution in [0.3, 0.4) is 0 Å². The summed E-state index contributed by atoms with van der Waals surface area (Å²) in [5.41, 5.74) is 20.8. The molecule has 0 saturated heterocycles. The van der Waals surface area contributed by atoms with Gasteiger partial charge in [-0.25, -0.2) is 0 Å². The SMILES string of the molecule is COc1ccc(-c2ccc(N(c3ccc4c(c3)C(c3ccccc3)(c3ccccc3)c3ccccc3-4)c3cccc4c3-c3ccccc3C4(c3ccccc3)c3ccccc3)c(C)c2)cc1. The minimum Gasteiger partial charge on any atom is -0.497 e. The lowest BCUT2D eigenvalue weighted by Crippen LogP contribution is -2.29. The molecule has 0 N–H and O–H groups in total. The summed E-state index contributed by atoms with van der Waals surface area (Å²) in [5.74, 6) is 0.847. The van der Waals surface area contributed by atoms with Gasteiger partial charge in [-0.2, -0.15) is 0 Å². The van der Waals surface area contributed by atoms with Gasteiger partial charge in [-0.1, -0.05) is 206 Å². The molecule has 0 aromatic heterocycles. The highest BCUT2D eigenvalue weighted by Crippen LogP contribution is 2.61. The van der Waals surface area contributed by atoms with Crippen LogP contribution in [0.4, 0.5) is 17.1 Å². The van der Waals surface area contributed by atoms with E-state index in [2.05, 4.69) is 248 Å². The van der Waals surface area contributed by atoms with E-state index >= 15 is 0 Å². The largest absolute Gasteiger partial charge is 0.497 e. The summed E-state index contributed by atoms with van der Waals surface area (Å²) in [5, 5.41) is 0. The van der Waals surface area contributed by atoms with Crippen molar-refractivity contribution in [3.8, 4) is 39.1 Å². The summed E-state index contributed by atoms with van der Waals surface area (Å²) in [6.07, 6.45) is 0. The van der Waals surface area contributed by atoms with Gasteiger partial charge in [-0.05, 0) is 127 Å².